The largest absolute Gasteiger partial charge is 0.407 e. The summed E-state index contributed by atoms with van der Waals surface area (Å²) < 4.78 is 37.0. The van der Waals surface area contributed by atoms with Crippen LogP contribution in [0, 0.1) is 10.1 Å². The van der Waals surface area contributed by atoms with E-state index in [0.29, 0.717) is 0 Å². The van der Waals surface area contributed by atoms with Gasteiger partial charge in [-0.1, -0.05) is 11.6 Å². The number of nitro groups is 1. The molecule has 0 radical (unpaired) electrons. The molecule has 0 aliphatic rings. The van der Waals surface area contributed by atoms with Crippen molar-refractivity contribution in [2.24, 2.45) is 5.73 Å². The third kappa shape index (κ3) is 2.61. The summed E-state index contributed by atoms with van der Waals surface area (Å²) in [4.78, 5) is 9.57. The molecule has 1 aromatic carbocycles. The second kappa shape index (κ2) is 4.26. The Morgan fingerprint density at radius 3 is 2.44 bits per heavy atom. The van der Waals surface area contributed by atoms with Crippen LogP contribution >= 0.6 is 11.6 Å². The molecule has 4 nitrogen and oxygen atoms in total. The van der Waals surface area contributed by atoms with Gasteiger partial charge in [0.15, 0.2) is 0 Å². The molecule has 0 aliphatic carbocycles. The Balaban J connectivity index is 3.30. The van der Waals surface area contributed by atoms with E-state index in [2.05, 4.69) is 0 Å². The van der Waals surface area contributed by atoms with Gasteiger partial charge in [0.1, 0.15) is 6.04 Å². The Morgan fingerprint density at radius 1 is 1.44 bits per heavy atom. The van der Waals surface area contributed by atoms with Crippen LogP contribution in [0.5, 0.6) is 0 Å². The molecule has 0 bridgehead atoms. The van der Waals surface area contributed by atoms with Crippen molar-refractivity contribution in [3.8, 4) is 0 Å². The van der Waals surface area contributed by atoms with Gasteiger partial charge in [0.2, 0.25) is 0 Å². The topological polar surface area (TPSA) is 69.2 Å². The molecule has 0 aliphatic heterocycles. The standard InChI is InChI=1S/C8H6ClF3N2O2/c9-4-1-2-6(14(15)16)5(3-4)7(13)8(10,11)12/h1-3,7H,13H2. The fraction of sp³-hybridized carbons (Fsp3) is 0.250. The van der Waals surface area contributed by atoms with Gasteiger partial charge in [0.25, 0.3) is 5.69 Å². The molecule has 16 heavy (non-hydrogen) atoms. The van der Waals surface area contributed by atoms with Gasteiger partial charge in [-0.15, -0.1) is 0 Å². The first kappa shape index (κ1) is 12.7. The van der Waals surface area contributed by atoms with Gasteiger partial charge in [-0.25, -0.2) is 0 Å². The van der Waals surface area contributed by atoms with Crippen molar-refractivity contribution in [3.05, 3.63) is 38.9 Å². The lowest BCUT2D eigenvalue weighted by atomic mass is 10.1. The Kier molecular flexibility index (Phi) is 3.39. The average molecular weight is 255 g/mol. The molecular formula is C8H6ClF3N2O2. The normalized spacial score (nSPS) is 13.6. The maximum absolute atomic E-state index is 12.3. The summed E-state index contributed by atoms with van der Waals surface area (Å²) in [6.45, 7) is 0. The number of rotatable bonds is 2. The monoisotopic (exact) mass is 254 g/mol. The second-order valence-electron chi connectivity index (χ2n) is 2.98. The van der Waals surface area contributed by atoms with E-state index in [1.165, 1.54) is 0 Å². The maximum Gasteiger partial charge on any atom is 0.407 e. The van der Waals surface area contributed by atoms with E-state index >= 15 is 0 Å². The van der Waals surface area contributed by atoms with Crippen LogP contribution in [0.2, 0.25) is 5.02 Å². The van der Waals surface area contributed by atoms with Gasteiger partial charge >= 0.3 is 6.18 Å². The first-order valence-corrected chi connectivity index (χ1v) is 4.37. The average Bonchev–Trinajstić information content (AvgIpc) is 2.14. The molecule has 0 heterocycles. The predicted octanol–water partition coefficient (Wildman–Crippen LogP) is 2.81. The third-order valence-corrected chi connectivity index (χ3v) is 2.11. The quantitative estimate of drug-likeness (QED) is 0.652. The number of hydrogen-bond acceptors (Lipinski definition) is 3. The highest BCUT2D eigenvalue weighted by atomic mass is 35.5. The van der Waals surface area contributed by atoms with Crippen molar-refractivity contribution in [1.82, 2.24) is 0 Å². The molecule has 1 rings (SSSR count). The highest BCUT2D eigenvalue weighted by Gasteiger charge is 2.41. The number of alkyl halides is 3. The van der Waals surface area contributed by atoms with Crippen LogP contribution in [0.4, 0.5) is 18.9 Å². The minimum Gasteiger partial charge on any atom is -0.316 e. The molecule has 8 heteroatoms. The molecule has 1 unspecified atom stereocenters. The summed E-state index contributed by atoms with van der Waals surface area (Å²) in [6.07, 6.45) is -4.75. The van der Waals surface area contributed by atoms with E-state index in [4.69, 9.17) is 17.3 Å². The molecule has 0 fully saturated rings. The minimum atomic E-state index is -4.75. The maximum atomic E-state index is 12.3. The highest BCUT2D eigenvalue weighted by Crippen LogP contribution is 2.36. The Labute approximate surface area is 93.0 Å². The molecule has 0 saturated heterocycles. The van der Waals surface area contributed by atoms with Crippen LogP contribution in [-0.2, 0) is 0 Å². The number of nitro benzene ring substituents is 1. The van der Waals surface area contributed by atoms with Gasteiger partial charge in [0, 0.05) is 11.1 Å². The van der Waals surface area contributed by atoms with Crippen molar-refractivity contribution >= 4 is 17.3 Å². The summed E-state index contributed by atoms with van der Waals surface area (Å²) in [6, 6.07) is 0.444. The Bertz CT molecular complexity index is 422. The lowest BCUT2D eigenvalue weighted by Gasteiger charge is -2.15. The fourth-order valence-corrected chi connectivity index (χ4v) is 1.30. The van der Waals surface area contributed by atoms with E-state index in [1.807, 2.05) is 0 Å². The number of benzene rings is 1. The zero-order valence-electron chi connectivity index (χ0n) is 7.66. The summed E-state index contributed by atoms with van der Waals surface area (Å²) in [5.41, 5.74) is 3.54. The Morgan fingerprint density at radius 2 is 2.00 bits per heavy atom. The molecular weight excluding hydrogens is 249 g/mol. The zero-order valence-corrected chi connectivity index (χ0v) is 8.42. The first-order chi connectivity index (χ1) is 7.23. The molecule has 1 atom stereocenters. The van der Waals surface area contributed by atoms with Crippen molar-refractivity contribution in [3.63, 3.8) is 0 Å². The van der Waals surface area contributed by atoms with Crippen LogP contribution < -0.4 is 5.73 Å². The summed E-state index contributed by atoms with van der Waals surface area (Å²) in [7, 11) is 0. The summed E-state index contributed by atoms with van der Waals surface area (Å²) >= 11 is 5.47. The van der Waals surface area contributed by atoms with E-state index < -0.39 is 28.4 Å². The van der Waals surface area contributed by atoms with Gasteiger partial charge in [-0.3, -0.25) is 10.1 Å². The molecule has 88 valence electrons. The van der Waals surface area contributed by atoms with E-state index in [1.54, 1.807) is 0 Å². The fourth-order valence-electron chi connectivity index (χ4n) is 1.12. The summed E-state index contributed by atoms with van der Waals surface area (Å²) in [5.74, 6) is 0. The summed E-state index contributed by atoms with van der Waals surface area (Å²) in [5, 5.41) is 10.5. The van der Waals surface area contributed by atoms with Gasteiger partial charge in [-0.05, 0) is 12.1 Å². The van der Waals surface area contributed by atoms with Crippen LogP contribution in [0.25, 0.3) is 0 Å². The van der Waals surface area contributed by atoms with Crippen LogP contribution in [0.1, 0.15) is 11.6 Å². The van der Waals surface area contributed by atoms with Crippen molar-refractivity contribution in [1.29, 1.82) is 0 Å². The van der Waals surface area contributed by atoms with Gasteiger partial charge in [0.05, 0.1) is 10.5 Å². The lowest BCUT2D eigenvalue weighted by molar-refractivity contribution is -0.386. The minimum absolute atomic E-state index is 0.0414. The second-order valence-corrected chi connectivity index (χ2v) is 3.42. The Hall–Kier alpha value is -1.34. The van der Waals surface area contributed by atoms with Crippen LogP contribution in [-0.4, -0.2) is 11.1 Å². The zero-order chi connectivity index (χ0) is 12.5. The molecule has 0 spiro atoms. The van der Waals surface area contributed by atoms with Gasteiger partial charge in [-0.2, -0.15) is 13.2 Å². The molecule has 0 saturated carbocycles. The smallest absolute Gasteiger partial charge is 0.316 e. The molecule has 1 aromatic rings. The molecule has 0 aromatic heterocycles. The van der Waals surface area contributed by atoms with Crippen molar-refractivity contribution < 1.29 is 18.1 Å². The first-order valence-electron chi connectivity index (χ1n) is 3.99. The molecule has 2 N–H and O–H groups in total. The van der Waals surface area contributed by atoms with Gasteiger partial charge < -0.3 is 5.73 Å². The number of nitrogens with zero attached hydrogens (tertiary/aromatic N) is 1. The third-order valence-electron chi connectivity index (χ3n) is 1.87. The number of halogens is 4. The van der Waals surface area contributed by atoms with Crippen molar-refractivity contribution in [2.45, 2.75) is 12.2 Å². The SMILES string of the molecule is NC(c1cc(Cl)ccc1[N+](=O)[O-])C(F)(F)F. The number of nitrogens with two attached hydrogens (primary N) is 1. The van der Waals surface area contributed by atoms with Crippen LogP contribution in [0.15, 0.2) is 18.2 Å². The predicted molar refractivity (Wildman–Crippen MR) is 51.1 cm³/mol. The van der Waals surface area contributed by atoms with Crippen molar-refractivity contribution in [2.75, 3.05) is 0 Å². The highest BCUT2D eigenvalue weighted by molar-refractivity contribution is 6.30. The van der Waals surface area contributed by atoms with E-state index in [9.17, 15) is 23.3 Å². The molecule has 0 amide bonds. The lowest BCUT2D eigenvalue weighted by Crippen LogP contribution is -2.29. The van der Waals surface area contributed by atoms with Crippen LogP contribution in [0.3, 0.4) is 0 Å². The number of hydrogen-bond donors (Lipinski definition) is 1. The van der Waals surface area contributed by atoms with E-state index in [-0.39, 0.29) is 5.02 Å². The van der Waals surface area contributed by atoms with E-state index in [0.717, 1.165) is 18.2 Å².